The van der Waals surface area contributed by atoms with E-state index in [1.54, 1.807) is 0 Å². The fourth-order valence-electron chi connectivity index (χ4n) is 8.56. The molecule has 268 valence electrons. The van der Waals surface area contributed by atoms with Crippen LogP contribution < -0.4 is 5.32 Å². The summed E-state index contributed by atoms with van der Waals surface area (Å²) in [5.74, 6) is 1.40. The van der Waals surface area contributed by atoms with Gasteiger partial charge in [0.15, 0.2) is 5.84 Å². The van der Waals surface area contributed by atoms with Gasteiger partial charge < -0.3 is 18.7 Å². The molecule has 0 bridgehead atoms. The van der Waals surface area contributed by atoms with E-state index in [9.17, 15) is 0 Å². The number of nitrogens with one attached hydrogen (secondary N) is 1. The molecule has 11 aromatic rings. The molecular weight excluding hydrogens is 701 g/mol. The fraction of sp³-hybridized carbons (Fsp3) is 0.0196. The van der Waals surface area contributed by atoms with Crippen molar-refractivity contribution in [2.75, 3.05) is 0 Å². The summed E-state index contributed by atoms with van der Waals surface area (Å²) >= 11 is 0. The minimum atomic E-state index is -0.298. The number of amidine groups is 2. The van der Waals surface area contributed by atoms with E-state index in [2.05, 4.69) is 149 Å². The molecule has 0 amide bonds. The predicted molar refractivity (Wildman–Crippen MR) is 233 cm³/mol. The molecule has 4 heterocycles. The molecule has 0 radical (unpaired) electrons. The number of benzene rings is 8. The number of hydrogen-bond acceptors (Lipinski definition) is 5. The molecule has 0 saturated heterocycles. The van der Waals surface area contributed by atoms with E-state index >= 15 is 0 Å². The second-order valence-electron chi connectivity index (χ2n) is 14.6. The van der Waals surface area contributed by atoms with E-state index in [1.165, 1.54) is 21.8 Å². The number of fused-ring (bicyclic) bond motifs is 9. The van der Waals surface area contributed by atoms with Gasteiger partial charge in [-0.15, -0.1) is 0 Å². The molecule has 0 fully saturated rings. The van der Waals surface area contributed by atoms with Crippen molar-refractivity contribution in [3.05, 3.63) is 199 Å². The van der Waals surface area contributed by atoms with Crippen LogP contribution in [0.25, 0.3) is 82.5 Å². The molecule has 1 N–H and O–H groups in total. The SMILES string of the molecule is c1ccc(C2=NC(c3cccc4c3oc3cc(-c5ccc6c(c5)oc5cc(-n7c8ccccc8c8ccccc87)ccc56)ccc34)=NC(c3ccccc3)N2)cc1. The molecule has 1 aliphatic rings. The highest BCUT2D eigenvalue weighted by atomic mass is 16.3. The highest BCUT2D eigenvalue weighted by Gasteiger charge is 2.24. The van der Waals surface area contributed by atoms with E-state index < -0.39 is 0 Å². The average molecular weight is 733 g/mol. The zero-order chi connectivity index (χ0) is 37.5. The lowest BCUT2D eigenvalue weighted by Crippen LogP contribution is -2.33. The third kappa shape index (κ3) is 5.04. The number of hydrogen-bond donors (Lipinski definition) is 1. The lowest BCUT2D eigenvalue weighted by molar-refractivity contribution is 0.663. The van der Waals surface area contributed by atoms with Gasteiger partial charge in [-0.1, -0.05) is 121 Å². The minimum absolute atomic E-state index is 0.298. The Bertz CT molecular complexity index is 3390. The van der Waals surface area contributed by atoms with Crippen LogP contribution in [0.5, 0.6) is 0 Å². The largest absolute Gasteiger partial charge is 0.456 e. The number of aliphatic imine (C=N–C) groups is 2. The normalized spacial score (nSPS) is 14.5. The third-order valence-corrected chi connectivity index (χ3v) is 11.3. The van der Waals surface area contributed by atoms with E-state index in [0.29, 0.717) is 5.84 Å². The number of nitrogens with zero attached hydrogens (tertiary/aromatic N) is 3. The summed E-state index contributed by atoms with van der Waals surface area (Å²) in [4.78, 5) is 10.2. The Labute approximate surface area is 326 Å². The molecule has 1 aliphatic heterocycles. The van der Waals surface area contributed by atoms with E-state index in [4.69, 9.17) is 18.8 Å². The van der Waals surface area contributed by atoms with Gasteiger partial charge >= 0.3 is 0 Å². The van der Waals surface area contributed by atoms with Crippen LogP contribution in [-0.2, 0) is 0 Å². The molecule has 6 heteroatoms. The Kier molecular flexibility index (Phi) is 6.89. The summed E-state index contributed by atoms with van der Waals surface area (Å²) in [5, 5.41) is 10.3. The van der Waals surface area contributed by atoms with Gasteiger partial charge in [-0.25, -0.2) is 9.98 Å². The summed E-state index contributed by atoms with van der Waals surface area (Å²) in [6.07, 6.45) is -0.298. The van der Waals surface area contributed by atoms with Gasteiger partial charge in [-0.05, 0) is 71.3 Å². The van der Waals surface area contributed by atoms with E-state index in [-0.39, 0.29) is 6.17 Å². The first-order chi connectivity index (χ1) is 28.2. The first-order valence-electron chi connectivity index (χ1n) is 19.2. The molecule has 0 spiro atoms. The van der Waals surface area contributed by atoms with Gasteiger partial charge in [0, 0.05) is 49.6 Å². The number of furan rings is 2. The van der Waals surface area contributed by atoms with Gasteiger partial charge in [-0.3, -0.25) is 0 Å². The molecular formula is C51H32N4O2. The molecule has 12 rings (SSSR count). The van der Waals surface area contributed by atoms with Crippen LogP contribution in [0.3, 0.4) is 0 Å². The summed E-state index contributed by atoms with van der Waals surface area (Å²) < 4.78 is 15.7. The van der Waals surface area contributed by atoms with Crippen molar-refractivity contribution in [2.45, 2.75) is 6.17 Å². The zero-order valence-electron chi connectivity index (χ0n) is 30.6. The number of rotatable bonds is 5. The average Bonchev–Trinajstić information content (AvgIpc) is 3.95. The van der Waals surface area contributed by atoms with Gasteiger partial charge in [-0.2, -0.15) is 0 Å². The van der Waals surface area contributed by atoms with Crippen LogP contribution in [0.2, 0.25) is 0 Å². The van der Waals surface area contributed by atoms with Gasteiger partial charge in [0.05, 0.1) is 16.6 Å². The maximum absolute atomic E-state index is 6.73. The topological polar surface area (TPSA) is 68.0 Å². The maximum Gasteiger partial charge on any atom is 0.163 e. The fourth-order valence-corrected chi connectivity index (χ4v) is 8.56. The van der Waals surface area contributed by atoms with Crippen molar-refractivity contribution in [3.63, 3.8) is 0 Å². The monoisotopic (exact) mass is 732 g/mol. The standard InChI is InChI=1S/C51H32N4O2/c1-3-12-31(13-4-1)49-52-50(32-14-5-2-6-15-32)54-51(53-49)42-19-11-18-41-40-26-23-34(29-46(40)57-48(41)42)33-22-25-38-39-27-24-35(30-47(39)56-45(38)28-33)55-43-20-9-7-16-36(43)37-17-8-10-21-44(37)55/h1-30,49H,(H,52,53,54). The Balaban J connectivity index is 0.938. The molecule has 1 unspecified atom stereocenters. The molecule has 1 atom stereocenters. The minimum Gasteiger partial charge on any atom is -0.456 e. The highest BCUT2D eigenvalue weighted by molar-refractivity contribution is 6.20. The van der Waals surface area contributed by atoms with Gasteiger partial charge in [0.2, 0.25) is 0 Å². The third-order valence-electron chi connectivity index (χ3n) is 11.3. The van der Waals surface area contributed by atoms with Crippen molar-refractivity contribution in [1.29, 1.82) is 0 Å². The van der Waals surface area contributed by atoms with Crippen LogP contribution in [0, 0.1) is 0 Å². The predicted octanol–water partition coefficient (Wildman–Crippen LogP) is 12.7. The molecule has 6 nitrogen and oxygen atoms in total. The molecule has 0 saturated carbocycles. The highest BCUT2D eigenvalue weighted by Crippen LogP contribution is 2.39. The van der Waals surface area contributed by atoms with Gasteiger partial charge in [0.25, 0.3) is 0 Å². The van der Waals surface area contributed by atoms with Crippen molar-refractivity contribution in [2.24, 2.45) is 9.98 Å². The van der Waals surface area contributed by atoms with Crippen molar-refractivity contribution in [3.8, 4) is 16.8 Å². The van der Waals surface area contributed by atoms with Crippen molar-refractivity contribution < 1.29 is 8.83 Å². The summed E-state index contributed by atoms with van der Waals surface area (Å²) in [7, 11) is 0. The molecule has 57 heavy (non-hydrogen) atoms. The van der Waals surface area contributed by atoms with Crippen LogP contribution in [0.4, 0.5) is 0 Å². The van der Waals surface area contributed by atoms with E-state index in [0.717, 1.165) is 83.2 Å². The van der Waals surface area contributed by atoms with Crippen LogP contribution >= 0.6 is 0 Å². The zero-order valence-corrected chi connectivity index (χ0v) is 30.6. The smallest absolute Gasteiger partial charge is 0.163 e. The molecule has 3 aromatic heterocycles. The van der Waals surface area contributed by atoms with Crippen LogP contribution in [0.1, 0.15) is 22.9 Å². The Hall–Kier alpha value is -7.70. The Morgan fingerprint density at radius 2 is 1.04 bits per heavy atom. The number of para-hydroxylation sites is 3. The van der Waals surface area contributed by atoms with Crippen molar-refractivity contribution in [1.82, 2.24) is 9.88 Å². The second kappa shape index (κ2) is 12.4. The summed E-state index contributed by atoms with van der Waals surface area (Å²) in [6, 6.07) is 63.2. The van der Waals surface area contributed by atoms with Crippen LogP contribution in [0.15, 0.2) is 201 Å². The first kappa shape index (κ1) is 31.6. The van der Waals surface area contributed by atoms with Crippen molar-refractivity contribution >= 4 is 77.4 Å². The molecule has 0 aliphatic carbocycles. The Morgan fingerprint density at radius 1 is 0.456 bits per heavy atom. The quantitative estimate of drug-likeness (QED) is 0.192. The molecule has 8 aromatic carbocycles. The first-order valence-corrected chi connectivity index (χ1v) is 19.2. The lowest BCUT2D eigenvalue weighted by Gasteiger charge is -2.23. The number of aromatic nitrogens is 1. The Morgan fingerprint density at radius 3 is 1.75 bits per heavy atom. The maximum atomic E-state index is 6.73. The summed E-state index contributed by atoms with van der Waals surface area (Å²) in [6.45, 7) is 0. The second-order valence-corrected chi connectivity index (χ2v) is 14.6. The lowest BCUT2D eigenvalue weighted by atomic mass is 10.0. The van der Waals surface area contributed by atoms with E-state index in [1.807, 2.05) is 42.5 Å². The summed E-state index contributed by atoms with van der Waals surface area (Å²) in [5.41, 5.74) is 11.7. The van der Waals surface area contributed by atoms with Crippen LogP contribution in [-0.4, -0.2) is 16.2 Å². The van der Waals surface area contributed by atoms with Gasteiger partial charge in [0.1, 0.15) is 34.3 Å².